The van der Waals surface area contributed by atoms with Crippen LogP contribution in [0.2, 0.25) is 0 Å². The van der Waals surface area contributed by atoms with E-state index >= 15 is 0 Å². The number of imidazole rings is 1. The Balaban J connectivity index is 0.742. The van der Waals surface area contributed by atoms with E-state index in [0.29, 0.717) is 24.9 Å². The highest BCUT2D eigenvalue weighted by Crippen LogP contribution is 2.38. The van der Waals surface area contributed by atoms with E-state index in [-0.39, 0.29) is 42.7 Å². The van der Waals surface area contributed by atoms with Crippen LogP contribution < -0.4 is 16.3 Å². The molecule has 3 aliphatic heterocycles. The van der Waals surface area contributed by atoms with Crippen LogP contribution in [0, 0.1) is 11.8 Å². The van der Waals surface area contributed by atoms with E-state index in [9.17, 15) is 32.7 Å². The zero-order valence-corrected chi connectivity index (χ0v) is 36.7. The molecule has 9 rings (SSSR count). The van der Waals surface area contributed by atoms with E-state index in [4.69, 9.17) is 4.98 Å². The van der Waals surface area contributed by atoms with E-state index in [2.05, 4.69) is 72.6 Å². The maximum atomic E-state index is 13.2. The molecule has 1 saturated carbocycles. The Morgan fingerprint density at radius 2 is 1.53 bits per heavy atom. The van der Waals surface area contributed by atoms with Crippen LogP contribution in [0.1, 0.15) is 100 Å². The molecule has 16 heteroatoms. The molecule has 3 saturated heterocycles. The number of carbonyl (C=O) groups is 2. The Morgan fingerprint density at radius 1 is 0.844 bits per heavy atom. The number of imide groups is 1. The first-order valence-electron chi connectivity index (χ1n) is 23.3. The fraction of sp³-hybridized carbons (Fsp3) is 0.562. The molecule has 64 heavy (non-hydrogen) atoms. The zero-order chi connectivity index (χ0) is 44.5. The minimum Gasteiger partial charge on any atom is -0.393 e. The number of benzene rings is 2. The van der Waals surface area contributed by atoms with Gasteiger partial charge in [0.1, 0.15) is 11.7 Å². The standard InChI is InChI=1S/C48H60F3N9O4/c1-56-42-27-31(6-13-40(42)60(47(56)64)41-14-15-43(62)54-45(41)63)3-2-22-57-23-16-33(17-24-57)34-18-25-58(26-19-34)29-32-4-7-35(8-5-32)39-30-59(36-9-11-37(61)12-10-36)44-38(39)28-53-46(55-44)52-21-20-48(49,50)51/h4-8,13,27-28,30,33-34,36-37,41,61H,2-3,9-12,14-26,29H2,1H3,(H,52,53,55)(H,54,62,63)/t36?,37?,41-/m0/s1. The summed E-state index contributed by atoms with van der Waals surface area (Å²) in [5, 5.41) is 16.1. The fourth-order valence-corrected chi connectivity index (χ4v) is 10.9. The van der Waals surface area contributed by atoms with Gasteiger partial charge in [-0.2, -0.15) is 18.2 Å². The Kier molecular flexibility index (Phi) is 13.0. The number of nitrogens with one attached hydrogen (secondary N) is 2. The smallest absolute Gasteiger partial charge is 0.390 e. The molecule has 6 heterocycles. The van der Waals surface area contributed by atoms with Crippen LogP contribution >= 0.6 is 0 Å². The molecule has 4 aliphatic rings. The van der Waals surface area contributed by atoms with Crippen molar-refractivity contribution in [1.29, 1.82) is 0 Å². The minimum absolute atomic E-state index is 0.141. The van der Waals surface area contributed by atoms with Gasteiger partial charge in [-0.25, -0.2) is 9.78 Å². The molecule has 4 fully saturated rings. The summed E-state index contributed by atoms with van der Waals surface area (Å²) < 4.78 is 43.7. The molecule has 0 bridgehead atoms. The Morgan fingerprint density at radius 3 is 2.22 bits per heavy atom. The molecule has 0 spiro atoms. The number of nitrogens with zero attached hydrogens (tertiary/aromatic N) is 7. The van der Waals surface area contributed by atoms with Crippen molar-refractivity contribution < 1.29 is 27.9 Å². The molecule has 2 aromatic carbocycles. The predicted octanol–water partition coefficient (Wildman–Crippen LogP) is 7.13. The second-order valence-corrected chi connectivity index (χ2v) is 18.7. The molecule has 0 radical (unpaired) electrons. The molecule has 1 aliphatic carbocycles. The molecular weight excluding hydrogens is 824 g/mol. The lowest BCUT2D eigenvalue weighted by molar-refractivity contribution is -0.136. The van der Waals surface area contributed by atoms with Gasteiger partial charge in [-0.1, -0.05) is 30.3 Å². The van der Waals surface area contributed by atoms with Gasteiger partial charge in [0.2, 0.25) is 17.8 Å². The first-order valence-corrected chi connectivity index (χ1v) is 23.3. The average molecular weight is 884 g/mol. The quantitative estimate of drug-likeness (QED) is 0.105. The number of aromatic nitrogens is 5. The van der Waals surface area contributed by atoms with Crippen molar-refractivity contribution in [3.8, 4) is 11.1 Å². The van der Waals surface area contributed by atoms with Gasteiger partial charge in [0.15, 0.2) is 0 Å². The van der Waals surface area contributed by atoms with Gasteiger partial charge in [0, 0.05) is 55.9 Å². The average Bonchev–Trinajstić information content (AvgIpc) is 3.78. The van der Waals surface area contributed by atoms with Gasteiger partial charge in [-0.15, -0.1) is 0 Å². The first-order chi connectivity index (χ1) is 30.9. The number of aliphatic hydroxyl groups excluding tert-OH is 1. The van der Waals surface area contributed by atoms with Crippen molar-refractivity contribution >= 4 is 39.8 Å². The highest BCUT2D eigenvalue weighted by atomic mass is 19.4. The van der Waals surface area contributed by atoms with Gasteiger partial charge < -0.3 is 19.9 Å². The lowest BCUT2D eigenvalue weighted by Crippen LogP contribution is -2.44. The molecule has 342 valence electrons. The highest BCUT2D eigenvalue weighted by molar-refractivity contribution is 6.00. The summed E-state index contributed by atoms with van der Waals surface area (Å²) >= 11 is 0. The van der Waals surface area contributed by atoms with Crippen LogP contribution in [-0.4, -0.2) is 102 Å². The summed E-state index contributed by atoms with van der Waals surface area (Å²) in [6.07, 6.45) is 8.76. The highest BCUT2D eigenvalue weighted by Gasteiger charge is 2.33. The third-order valence-corrected chi connectivity index (χ3v) is 14.5. The number of halogens is 3. The van der Waals surface area contributed by atoms with Crippen molar-refractivity contribution in [3.63, 3.8) is 0 Å². The third kappa shape index (κ3) is 9.79. The van der Waals surface area contributed by atoms with E-state index in [1.165, 1.54) is 41.4 Å². The van der Waals surface area contributed by atoms with Crippen molar-refractivity contribution in [1.82, 2.24) is 38.8 Å². The zero-order valence-electron chi connectivity index (χ0n) is 36.7. The molecule has 5 aromatic rings. The van der Waals surface area contributed by atoms with Gasteiger partial charge >= 0.3 is 11.9 Å². The van der Waals surface area contributed by atoms with E-state index in [0.717, 1.165) is 104 Å². The predicted molar refractivity (Wildman–Crippen MR) is 240 cm³/mol. The van der Waals surface area contributed by atoms with Crippen molar-refractivity contribution in [2.75, 3.05) is 44.6 Å². The topological polar surface area (TPSA) is 143 Å². The number of hydrogen-bond donors (Lipinski definition) is 3. The van der Waals surface area contributed by atoms with Crippen LogP contribution in [0.3, 0.4) is 0 Å². The summed E-state index contributed by atoms with van der Waals surface area (Å²) in [6.45, 7) is 6.12. The number of amides is 2. The number of aliphatic hydroxyl groups is 1. The number of alkyl halides is 3. The lowest BCUT2D eigenvalue weighted by atomic mass is 9.78. The van der Waals surface area contributed by atoms with Crippen LogP contribution in [-0.2, 0) is 29.6 Å². The largest absolute Gasteiger partial charge is 0.393 e. The molecule has 3 aromatic heterocycles. The summed E-state index contributed by atoms with van der Waals surface area (Å²) in [5.74, 6) is 1.00. The number of fused-ring (bicyclic) bond motifs is 2. The number of piperidine rings is 3. The number of aryl methyl sites for hydroxylation is 2. The molecular formula is C48H60F3N9O4. The number of likely N-dealkylation sites (tertiary alicyclic amines) is 2. The maximum Gasteiger partial charge on any atom is 0.390 e. The van der Waals surface area contributed by atoms with Gasteiger partial charge in [0.05, 0.1) is 23.6 Å². The van der Waals surface area contributed by atoms with Crippen molar-refractivity contribution in [3.05, 3.63) is 76.5 Å². The van der Waals surface area contributed by atoms with E-state index < -0.39 is 24.5 Å². The van der Waals surface area contributed by atoms with Crippen LogP contribution in [0.25, 0.3) is 33.2 Å². The van der Waals surface area contributed by atoms with E-state index in [1.807, 2.05) is 6.07 Å². The lowest BCUT2D eigenvalue weighted by Gasteiger charge is -2.40. The SMILES string of the molecule is Cn1c(=O)n([C@H]2CCC(=O)NC2=O)c2ccc(CCCN3CCC(C4CCN(Cc5ccc(-c6cn(C7CCC(O)CC7)c7nc(NCCC(F)(F)F)ncc67)cc5)CC4)CC3)cc21. The third-order valence-electron chi connectivity index (χ3n) is 14.5. The molecule has 2 amide bonds. The Bertz CT molecular complexity index is 2510. The number of rotatable bonds is 13. The minimum atomic E-state index is -4.26. The van der Waals surface area contributed by atoms with Crippen LogP contribution in [0.5, 0.6) is 0 Å². The molecule has 1 atom stereocenters. The van der Waals surface area contributed by atoms with Gasteiger partial charge in [-0.3, -0.25) is 28.9 Å². The van der Waals surface area contributed by atoms with Crippen LogP contribution in [0.15, 0.2) is 59.7 Å². The summed E-state index contributed by atoms with van der Waals surface area (Å²) in [4.78, 5) is 51.7. The molecule has 3 N–H and O–H groups in total. The number of anilines is 1. The maximum absolute atomic E-state index is 13.2. The fourth-order valence-electron chi connectivity index (χ4n) is 10.9. The summed E-state index contributed by atoms with van der Waals surface area (Å²) in [7, 11) is 1.74. The summed E-state index contributed by atoms with van der Waals surface area (Å²) in [5.41, 5.74) is 6.47. The first kappa shape index (κ1) is 44.2. The number of carbonyl (C=O) groups excluding carboxylic acids is 2. The summed E-state index contributed by atoms with van der Waals surface area (Å²) in [6, 6.07) is 14.3. The van der Waals surface area contributed by atoms with E-state index in [1.54, 1.807) is 17.8 Å². The Hall–Kier alpha value is -5.06. The monoisotopic (exact) mass is 883 g/mol. The van der Waals surface area contributed by atoms with Gasteiger partial charge in [-0.05, 0) is 144 Å². The van der Waals surface area contributed by atoms with Gasteiger partial charge in [0.25, 0.3) is 0 Å². The van der Waals surface area contributed by atoms with Crippen LogP contribution in [0.4, 0.5) is 19.1 Å². The Labute approximate surface area is 371 Å². The second-order valence-electron chi connectivity index (χ2n) is 18.7. The normalized spacial score (nSPS) is 22.4. The molecule has 13 nitrogen and oxygen atoms in total. The van der Waals surface area contributed by atoms with Crippen molar-refractivity contribution in [2.24, 2.45) is 18.9 Å². The van der Waals surface area contributed by atoms with Crippen molar-refractivity contribution in [2.45, 2.75) is 114 Å². The number of hydrogen-bond acceptors (Lipinski definition) is 9. The molecule has 0 unspecified atom stereocenters. The second kappa shape index (κ2) is 18.8.